The van der Waals surface area contributed by atoms with E-state index in [-0.39, 0.29) is 23.6 Å². The number of hydrogen-bond acceptors (Lipinski definition) is 9. The average molecular weight is 524 g/mol. The van der Waals surface area contributed by atoms with Gasteiger partial charge in [-0.25, -0.2) is 10.0 Å². The normalized spacial score (nSPS) is 19.3. The van der Waals surface area contributed by atoms with E-state index in [9.17, 15) is 9.59 Å². The van der Waals surface area contributed by atoms with E-state index in [1.165, 1.54) is 23.5 Å². The number of nitrogens with zero attached hydrogens (tertiary/aromatic N) is 5. The fraction of sp³-hybridized carbons (Fsp3) is 0.320. The zero-order valence-electron chi connectivity index (χ0n) is 19.9. The third kappa shape index (κ3) is 5.26. The Bertz CT molecular complexity index is 1240. The van der Waals surface area contributed by atoms with Crippen LogP contribution in [0.3, 0.4) is 0 Å². The Hall–Kier alpha value is -3.31. The standard InChI is InChI=1S/C25H25N5O4S2/c1-33-18-9-5-16(6-10-18)20-14-21(17-7-11-19(34-2)12-8-17)30(27-20)23(32)15-35-25-28-29-13-3-4-22(31)26-24(29)36-25/h5-12,21H,3-4,13-15H2,1-2H3. The maximum atomic E-state index is 13.4. The lowest BCUT2D eigenvalue weighted by atomic mass is 9.98. The third-order valence-corrected chi connectivity index (χ3v) is 8.06. The van der Waals surface area contributed by atoms with Gasteiger partial charge in [0.1, 0.15) is 11.5 Å². The molecule has 1 atom stereocenters. The molecule has 36 heavy (non-hydrogen) atoms. The summed E-state index contributed by atoms with van der Waals surface area (Å²) in [5.41, 5.74) is 2.77. The molecule has 11 heteroatoms. The fourth-order valence-corrected chi connectivity index (χ4v) is 5.95. The molecule has 0 saturated heterocycles. The minimum Gasteiger partial charge on any atom is -0.497 e. The minimum absolute atomic E-state index is 0.118. The van der Waals surface area contributed by atoms with Crippen molar-refractivity contribution in [1.82, 2.24) is 10.0 Å². The summed E-state index contributed by atoms with van der Waals surface area (Å²) >= 11 is 2.67. The third-order valence-electron chi connectivity index (χ3n) is 5.99. The molecule has 0 saturated carbocycles. The highest BCUT2D eigenvalue weighted by molar-refractivity contribution is 8.45. The summed E-state index contributed by atoms with van der Waals surface area (Å²) in [6, 6.07) is 15.2. The molecule has 0 spiro atoms. The van der Waals surface area contributed by atoms with Gasteiger partial charge in [0.25, 0.3) is 5.91 Å². The van der Waals surface area contributed by atoms with Crippen molar-refractivity contribution >= 4 is 50.6 Å². The van der Waals surface area contributed by atoms with Crippen LogP contribution in [0.4, 0.5) is 0 Å². The van der Waals surface area contributed by atoms with E-state index >= 15 is 0 Å². The maximum Gasteiger partial charge on any atom is 0.253 e. The summed E-state index contributed by atoms with van der Waals surface area (Å²) in [5, 5.41) is 13.2. The molecular formula is C25H25N5O4S2. The van der Waals surface area contributed by atoms with Crippen molar-refractivity contribution in [2.24, 2.45) is 15.2 Å². The van der Waals surface area contributed by atoms with Crippen molar-refractivity contribution < 1.29 is 19.1 Å². The van der Waals surface area contributed by atoms with E-state index < -0.39 is 0 Å². The number of benzene rings is 2. The van der Waals surface area contributed by atoms with Gasteiger partial charge in [-0.3, -0.25) is 9.59 Å². The molecule has 9 nitrogen and oxygen atoms in total. The predicted molar refractivity (Wildman–Crippen MR) is 143 cm³/mol. The highest BCUT2D eigenvalue weighted by Gasteiger charge is 2.34. The van der Waals surface area contributed by atoms with Crippen LogP contribution in [0.1, 0.15) is 36.4 Å². The van der Waals surface area contributed by atoms with E-state index in [4.69, 9.17) is 14.6 Å². The minimum atomic E-state index is -0.226. The lowest BCUT2D eigenvalue weighted by Crippen LogP contribution is -2.28. The van der Waals surface area contributed by atoms with Crippen molar-refractivity contribution in [3.05, 3.63) is 59.7 Å². The number of hydrogen-bond donors (Lipinski definition) is 0. The Labute approximate surface area is 217 Å². The van der Waals surface area contributed by atoms with Crippen LogP contribution < -0.4 is 9.47 Å². The predicted octanol–water partition coefficient (Wildman–Crippen LogP) is 4.11. The molecule has 0 radical (unpaired) electrons. The molecule has 2 aromatic carbocycles. The van der Waals surface area contributed by atoms with E-state index in [1.54, 1.807) is 24.2 Å². The molecule has 5 rings (SSSR count). The number of fused-ring (bicyclic) bond motifs is 1. The number of rotatable bonds is 6. The zero-order valence-corrected chi connectivity index (χ0v) is 21.6. The van der Waals surface area contributed by atoms with E-state index in [1.807, 2.05) is 48.5 Å². The first-order chi connectivity index (χ1) is 17.5. The van der Waals surface area contributed by atoms with Gasteiger partial charge in [0, 0.05) is 19.4 Å². The summed E-state index contributed by atoms with van der Waals surface area (Å²) in [6.07, 6.45) is 1.75. The Morgan fingerprint density at radius 3 is 2.44 bits per heavy atom. The van der Waals surface area contributed by atoms with Crippen molar-refractivity contribution in [3.63, 3.8) is 0 Å². The quantitative estimate of drug-likeness (QED) is 0.562. The molecule has 3 heterocycles. The molecule has 0 aromatic heterocycles. The summed E-state index contributed by atoms with van der Waals surface area (Å²) in [4.78, 5) is 29.3. The number of aliphatic imine (C=N–C) groups is 1. The summed E-state index contributed by atoms with van der Waals surface area (Å²) in [7, 11) is 3.26. The number of amides is 2. The molecule has 0 bridgehead atoms. The fourth-order valence-electron chi connectivity index (χ4n) is 4.09. The second-order valence-corrected chi connectivity index (χ2v) is 10.5. The maximum absolute atomic E-state index is 13.4. The number of ether oxygens (including phenoxy) is 2. The number of hydrazone groups is 2. The molecule has 0 fully saturated rings. The molecular weight excluding hydrogens is 498 g/mol. The van der Waals surface area contributed by atoms with Crippen LogP contribution in [0.2, 0.25) is 0 Å². The van der Waals surface area contributed by atoms with Crippen LogP contribution in [-0.2, 0) is 9.59 Å². The number of carbonyl (C=O) groups excluding carboxylic acids is 2. The van der Waals surface area contributed by atoms with Gasteiger partial charge < -0.3 is 9.47 Å². The van der Waals surface area contributed by atoms with Crippen LogP contribution >= 0.6 is 23.5 Å². The second kappa shape index (κ2) is 10.8. The van der Waals surface area contributed by atoms with Crippen molar-refractivity contribution in [1.29, 1.82) is 0 Å². The van der Waals surface area contributed by atoms with E-state index in [2.05, 4.69) is 10.1 Å². The Morgan fingerprint density at radius 2 is 1.75 bits per heavy atom. The molecule has 0 aliphatic carbocycles. The molecule has 0 N–H and O–H groups in total. The SMILES string of the molecule is COc1ccc(C2=NN(C(=O)CSC3=NN4CCCC(=O)N=C4S3)C(c3ccc(OC)cc3)C2)cc1. The number of methoxy groups -OCH3 is 2. The Kier molecular flexibility index (Phi) is 7.28. The molecule has 1 unspecified atom stereocenters. The summed E-state index contributed by atoms with van der Waals surface area (Å²) in [6.45, 7) is 0.650. The van der Waals surface area contributed by atoms with Crippen LogP contribution in [0, 0.1) is 0 Å². The number of thioether (sulfide) groups is 2. The smallest absolute Gasteiger partial charge is 0.253 e. The van der Waals surface area contributed by atoms with Gasteiger partial charge in [0.2, 0.25) is 5.91 Å². The van der Waals surface area contributed by atoms with E-state index in [0.717, 1.165) is 28.3 Å². The molecule has 2 aromatic rings. The molecule has 2 amide bonds. The van der Waals surface area contributed by atoms with Crippen molar-refractivity contribution in [3.8, 4) is 11.5 Å². The van der Waals surface area contributed by atoms with Gasteiger partial charge in [-0.2, -0.15) is 15.2 Å². The second-order valence-electron chi connectivity index (χ2n) is 8.28. The van der Waals surface area contributed by atoms with Gasteiger partial charge in [0.05, 0.1) is 31.7 Å². The Balaban J connectivity index is 1.33. The Morgan fingerprint density at radius 1 is 1.06 bits per heavy atom. The first kappa shape index (κ1) is 24.4. The van der Waals surface area contributed by atoms with Gasteiger partial charge in [-0.05, 0) is 65.7 Å². The van der Waals surface area contributed by atoms with Crippen LogP contribution in [0.5, 0.6) is 11.5 Å². The lowest BCUT2D eigenvalue weighted by Gasteiger charge is -2.22. The van der Waals surface area contributed by atoms with Gasteiger partial charge in [-0.15, -0.1) is 0 Å². The van der Waals surface area contributed by atoms with Crippen molar-refractivity contribution in [2.75, 3.05) is 26.5 Å². The lowest BCUT2D eigenvalue weighted by molar-refractivity contribution is -0.130. The first-order valence-corrected chi connectivity index (χ1v) is 13.3. The molecule has 186 valence electrons. The topological polar surface area (TPSA) is 96.2 Å². The highest BCUT2D eigenvalue weighted by Crippen LogP contribution is 2.35. The number of carbonyl (C=O) groups is 2. The number of amidine groups is 1. The van der Waals surface area contributed by atoms with Crippen LogP contribution in [0.15, 0.2) is 63.7 Å². The molecule has 3 aliphatic rings. The van der Waals surface area contributed by atoms with Gasteiger partial charge >= 0.3 is 0 Å². The summed E-state index contributed by atoms with van der Waals surface area (Å²) < 4.78 is 11.3. The van der Waals surface area contributed by atoms with Crippen molar-refractivity contribution in [2.45, 2.75) is 25.3 Å². The van der Waals surface area contributed by atoms with Crippen LogP contribution in [-0.4, -0.2) is 63.6 Å². The highest BCUT2D eigenvalue weighted by atomic mass is 32.2. The largest absolute Gasteiger partial charge is 0.497 e. The monoisotopic (exact) mass is 523 g/mol. The summed E-state index contributed by atoms with van der Waals surface area (Å²) in [5.74, 6) is 1.45. The van der Waals surface area contributed by atoms with Crippen LogP contribution in [0.25, 0.3) is 0 Å². The van der Waals surface area contributed by atoms with E-state index in [0.29, 0.717) is 35.4 Å². The first-order valence-electron chi connectivity index (χ1n) is 11.5. The van der Waals surface area contributed by atoms with Gasteiger partial charge in [-0.1, -0.05) is 23.9 Å². The molecule has 3 aliphatic heterocycles. The van der Waals surface area contributed by atoms with Gasteiger partial charge in [0.15, 0.2) is 9.54 Å². The zero-order chi connectivity index (χ0) is 25.1. The average Bonchev–Trinajstić information content (AvgIpc) is 3.47.